The molecule has 4 unspecified atom stereocenters. The molecule has 0 amide bonds. The van der Waals surface area contributed by atoms with Gasteiger partial charge in [-0.2, -0.15) is 0 Å². The van der Waals surface area contributed by atoms with Crippen molar-refractivity contribution in [1.82, 2.24) is 10.2 Å². The number of carbonyl (C=O) groups is 1. The molecule has 5 atom stereocenters. The van der Waals surface area contributed by atoms with E-state index in [1.54, 1.807) is 7.11 Å². The normalized spacial score (nSPS) is 24.9. The molecule has 3 aromatic carbocycles. The third-order valence-electron chi connectivity index (χ3n) is 8.42. The number of hydrogen-bond acceptors (Lipinski definition) is 4. The molecule has 3 aliphatic rings. The van der Waals surface area contributed by atoms with Gasteiger partial charge in [-0.1, -0.05) is 86.6 Å². The minimum atomic E-state index is -0.685. The van der Waals surface area contributed by atoms with Gasteiger partial charge in [0.15, 0.2) is 0 Å². The molecule has 0 radical (unpaired) electrons. The second-order valence-electron chi connectivity index (χ2n) is 10.8. The van der Waals surface area contributed by atoms with Crippen molar-refractivity contribution >= 4 is 5.97 Å². The van der Waals surface area contributed by atoms with E-state index in [4.69, 9.17) is 4.74 Å². The van der Waals surface area contributed by atoms with Crippen LogP contribution >= 0.6 is 0 Å². The Labute approximate surface area is 220 Å². The first-order chi connectivity index (χ1) is 18.0. The molecular formula is C32H38N2O3. The van der Waals surface area contributed by atoms with Gasteiger partial charge >= 0.3 is 5.97 Å². The molecule has 0 aromatic heterocycles. The molecule has 0 saturated carbocycles. The van der Waals surface area contributed by atoms with Gasteiger partial charge in [0.1, 0.15) is 5.75 Å². The highest BCUT2D eigenvalue weighted by Gasteiger charge is 2.52. The highest BCUT2D eigenvalue weighted by atomic mass is 16.5. The van der Waals surface area contributed by atoms with Crippen LogP contribution in [0.2, 0.25) is 0 Å². The van der Waals surface area contributed by atoms with E-state index in [1.165, 1.54) is 16.7 Å². The summed E-state index contributed by atoms with van der Waals surface area (Å²) in [6.07, 6.45) is 0.893. The standard InChI is InChI=1S/C32H38N2O3/c1-21(2)24-14-15-28(37-3)25(18-24)19-33-30-26-16-17-34(20-27(26)32(35)36)31(30)29(22-10-6-4-7-11-22)23-12-8-5-9-13-23/h4-15,18,21,26-27,29-31,33H,16-17,19-20H2,1-3H3,(H,35,36)/t26?,27?,30?,31-/m0/s1. The monoisotopic (exact) mass is 498 g/mol. The summed E-state index contributed by atoms with van der Waals surface area (Å²) in [5.74, 6) is 0.454. The highest BCUT2D eigenvalue weighted by molar-refractivity contribution is 5.71. The molecule has 3 aromatic rings. The Hall–Kier alpha value is -3.15. The number of hydrogen-bond donors (Lipinski definition) is 2. The SMILES string of the molecule is COc1ccc(C(C)C)cc1CNC1C2CCN(CC2C(=O)O)[C@H]1C(c1ccccc1)c1ccccc1. The fourth-order valence-corrected chi connectivity index (χ4v) is 6.56. The van der Waals surface area contributed by atoms with Crippen molar-refractivity contribution in [2.24, 2.45) is 11.8 Å². The summed E-state index contributed by atoms with van der Waals surface area (Å²) < 4.78 is 5.71. The van der Waals surface area contributed by atoms with Gasteiger partial charge in [0.25, 0.3) is 0 Å². The zero-order valence-electron chi connectivity index (χ0n) is 22.0. The minimum Gasteiger partial charge on any atom is -0.496 e. The fourth-order valence-electron chi connectivity index (χ4n) is 6.56. The predicted molar refractivity (Wildman–Crippen MR) is 147 cm³/mol. The van der Waals surface area contributed by atoms with E-state index in [9.17, 15) is 9.90 Å². The summed E-state index contributed by atoms with van der Waals surface area (Å²) in [4.78, 5) is 14.8. The maximum atomic E-state index is 12.3. The van der Waals surface area contributed by atoms with E-state index in [0.717, 1.165) is 24.3 Å². The third-order valence-corrected chi connectivity index (χ3v) is 8.42. The Morgan fingerprint density at radius 2 is 1.65 bits per heavy atom. The number of fused-ring (bicyclic) bond motifs is 3. The topological polar surface area (TPSA) is 61.8 Å². The first kappa shape index (κ1) is 25.5. The third kappa shape index (κ3) is 5.16. The van der Waals surface area contributed by atoms with Gasteiger partial charge in [0, 0.05) is 36.7 Å². The number of ether oxygens (including phenoxy) is 1. The van der Waals surface area contributed by atoms with Gasteiger partial charge in [-0.25, -0.2) is 0 Å². The molecule has 5 nitrogen and oxygen atoms in total. The Kier molecular flexibility index (Phi) is 7.63. The van der Waals surface area contributed by atoms with E-state index in [-0.39, 0.29) is 29.8 Å². The molecule has 3 saturated heterocycles. The van der Waals surface area contributed by atoms with Crippen LogP contribution in [0.1, 0.15) is 54.4 Å². The summed E-state index contributed by atoms with van der Waals surface area (Å²) >= 11 is 0. The Morgan fingerprint density at radius 1 is 1.00 bits per heavy atom. The maximum absolute atomic E-state index is 12.3. The van der Waals surface area contributed by atoms with Crippen LogP contribution in [0.4, 0.5) is 0 Å². The molecule has 3 heterocycles. The summed E-state index contributed by atoms with van der Waals surface area (Å²) in [7, 11) is 1.71. The Morgan fingerprint density at radius 3 is 2.22 bits per heavy atom. The zero-order valence-corrected chi connectivity index (χ0v) is 22.0. The maximum Gasteiger partial charge on any atom is 0.308 e. The van der Waals surface area contributed by atoms with Crippen molar-refractivity contribution in [2.45, 2.75) is 50.7 Å². The van der Waals surface area contributed by atoms with Crippen LogP contribution in [-0.4, -0.2) is 48.3 Å². The van der Waals surface area contributed by atoms with Crippen molar-refractivity contribution in [2.75, 3.05) is 20.2 Å². The summed E-state index contributed by atoms with van der Waals surface area (Å²) in [5.41, 5.74) is 4.93. The van der Waals surface area contributed by atoms with Crippen LogP contribution < -0.4 is 10.1 Å². The number of nitrogens with zero attached hydrogens (tertiary/aromatic N) is 1. The highest BCUT2D eigenvalue weighted by Crippen LogP contribution is 2.44. The van der Waals surface area contributed by atoms with Crippen molar-refractivity contribution in [1.29, 1.82) is 0 Å². The quantitative estimate of drug-likeness (QED) is 0.407. The first-order valence-electron chi connectivity index (χ1n) is 13.4. The molecule has 6 rings (SSSR count). The van der Waals surface area contributed by atoms with E-state index in [0.29, 0.717) is 19.0 Å². The average molecular weight is 499 g/mol. The minimum absolute atomic E-state index is 0.0291. The number of piperidine rings is 3. The molecule has 3 aliphatic heterocycles. The van der Waals surface area contributed by atoms with Crippen molar-refractivity contribution in [3.63, 3.8) is 0 Å². The lowest BCUT2D eigenvalue weighted by Gasteiger charge is -2.56. The molecule has 0 spiro atoms. The second kappa shape index (κ2) is 11.1. The van der Waals surface area contributed by atoms with Gasteiger partial charge in [0.2, 0.25) is 0 Å². The van der Waals surface area contributed by atoms with E-state index >= 15 is 0 Å². The lowest BCUT2D eigenvalue weighted by molar-refractivity contribution is -0.152. The number of rotatable bonds is 9. The van der Waals surface area contributed by atoms with Crippen LogP contribution in [0.15, 0.2) is 78.9 Å². The first-order valence-corrected chi connectivity index (χ1v) is 13.4. The van der Waals surface area contributed by atoms with E-state index in [1.807, 2.05) is 0 Å². The lowest BCUT2D eigenvalue weighted by Crippen LogP contribution is -2.68. The predicted octanol–water partition coefficient (Wildman–Crippen LogP) is 5.51. The van der Waals surface area contributed by atoms with E-state index < -0.39 is 5.97 Å². The van der Waals surface area contributed by atoms with Gasteiger partial charge in [-0.05, 0) is 47.6 Å². The average Bonchev–Trinajstić information content (AvgIpc) is 2.93. The van der Waals surface area contributed by atoms with Crippen LogP contribution in [0, 0.1) is 11.8 Å². The molecule has 37 heavy (non-hydrogen) atoms. The molecule has 3 fully saturated rings. The molecule has 2 N–H and O–H groups in total. The van der Waals surface area contributed by atoms with Gasteiger partial charge in [-0.15, -0.1) is 0 Å². The fraction of sp³-hybridized carbons (Fsp3) is 0.406. The number of carboxylic acids is 1. The molecular weight excluding hydrogens is 460 g/mol. The smallest absolute Gasteiger partial charge is 0.308 e. The molecule has 2 bridgehead atoms. The molecule has 5 heteroatoms. The van der Waals surface area contributed by atoms with Crippen molar-refractivity contribution in [3.8, 4) is 5.75 Å². The van der Waals surface area contributed by atoms with Crippen molar-refractivity contribution < 1.29 is 14.6 Å². The Balaban J connectivity index is 1.54. The number of aliphatic carboxylic acids is 1. The summed E-state index contributed by atoms with van der Waals surface area (Å²) in [6, 6.07) is 28.0. The second-order valence-corrected chi connectivity index (χ2v) is 10.8. The van der Waals surface area contributed by atoms with Crippen LogP contribution in [-0.2, 0) is 11.3 Å². The van der Waals surface area contributed by atoms with Crippen LogP contribution in [0.5, 0.6) is 5.75 Å². The van der Waals surface area contributed by atoms with Gasteiger partial charge in [0.05, 0.1) is 13.0 Å². The van der Waals surface area contributed by atoms with Crippen LogP contribution in [0.3, 0.4) is 0 Å². The zero-order chi connectivity index (χ0) is 25.9. The largest absolute Gasteiger partial charge is 0.496 e. The van der Waals surface area contributed by atoms with Gasteiger partial charge < -0.3 is 15.2 Å². The number of carboxylic acid groups (broad SMARTS) is 1. The van der Waals surface area contributed by atoms with Crippen LogP contribution in [0.25, 0.3) is 0 Å². The lowest BCUT2D eigenvalue weighted by atomic mass is 9.66. The number of methoxy groups -OCH3 is 1. The molecule has 194 valence electrons. The molecule has 0 aliphatic carbocycles. The van der Waals surface area contributed by atoms with E-state index in [2.05, 4.69) is 103 Å². The number of nitrogens with one attached hydrogen (secondary N) is 1. The van der Waals surface area contributed by atoms with Crippen molar-refractivity contribution in [3.05, 3.63) is 101 Å². The Bertz CT molecular complexity index is 1160. The number of benzene rings is 3. The van der Waals surface area contributed by atoms with Gasteiger partial charge in [-0.3, -0.25) is 9.69 Å². The summed E-state index contributed by atoms with van der Waals surface area (Å²) in [5, 5.41) is 14.0. The summed E-state index contributed by atoms with van der Waals surface area (Å²) in [6.45, 7) is 6.57.